The number of nitrogens with zero attached hydrogens (tertiary/aromatic N) is 1. The summed E-state index contributed by atoms with van der Waals surface area (Å²) in [6.07, 6.45) is 5.55. The fraction of sp³-hybridized carbons (Fsp3) is 0.667. The molecule has 1 heterocycles. The van der Waals surface area contributed by atoms with E-state index in [9.17, 15) is 4.79 Å². The lowest BCUT2D eigenvalue weighted by atomic mass is 10.2. The van der Waals surface area contributed by atoms with Crippen molar-refractivity contribution >= 4 is 11.8 Å². The quantitative estimate of drug-likeness (QED) is 0.453. The van der Waals surface area contributed by atoms with E-state index in [0.717, 1.165) is 29.4 Å². The van der Waals surface area contributed by atoms with Crippen molar-refractivity contribution < 1.29 is 0 Å². The zero-order valence-electron chi connectivity index (χ0n) is 10.1. The highest BCUT2D eigenvalue weighted by Crippen LogP contribution is 2.14. The Kier molecular flexibility index (Phi) is 6.23. The van der Waals surface area contributed by atoms with Gasteiger partial charge in [-0.05, 0) is 12.8 Å². The summed E-state index contributed by atoms with van der Waals surface area (Å²) < 4.78 is 0. The molecule has 0 spiro atoms. The topological polar surface area (TPSA) is 45.8 Å². The minimum Gasteiger partial charge on any atom is -0.301 e. The van der Waals surface area contributed by atoms with Crippen molar-refractivity contribution in [2.75, 3.05) is 5.75 Å². The van der Waals surface area contributed by atoms with E-state index in [1.165, 1.54) is 19.3 Å². The molecule has 0 fully saturated rings. The molecular weight excluding hydrogens is 220 g/mol. The number of rotatable bonds is 7. The Balaban J connectivity index is 2.54. The van der Waals surface area contributed by atoms with Crippen LogP contribution in [0.25, 0.3) is 0 Å². The van der Waals surface area contributed by atoms with Gasteiger partial charge in [0.25, 0.3) is 5.56 Å². The first-order chi connectivity index (χ1) is 7.76. The van der Waals surface area contributed by atoms with Crippen molar-refractivity contribution in [3.63, 3.8) is 0 Å². The molecule has 0 aliphatic rings. The Hall–Kier alpha value is -0.770. The first-order valence-corrected chi connectivity index (χ1v) is 6.97. The van der Waals surface area contributed by atoms with E-state index < -0.39 is 0 Å². The molecule has 3 nitrogen and oxygen atoms in total. The van der Waals surface area contributed by atoms with Crippen LogP contribution in [0.2, 0.25) is 0 Å². The largest absolute Gasteiger partial charge is 0.301 e. The molecule has 0 aliphatic carbocycles. The molecule has 0 aromatic carbocycles. The lowest BCUT2D eigenvalue weighted by Gasteiger charge is -2.02. The number of hydrogen-bond donors (Lipinski definition) is 1. The normalized spacial score (nSPS) is 10.6. The average molecular weight is 240 g/mol. The summed E-state index contributed by atoms with van der Waals surface area (Å²) in [4.78, 5) is 18.6. The molecule has 1 aromatic rings. The fourth-order valence-corrected chi connectivity index (χ4v) is 2.35. The third kappa shape index (κ3) is 4.84. The van der Waals surface area contributed by atoms with E-state index in [1.807, 2.05) is 0 Å². The first kappa shape index (κ1) is 13.3. The van der Waals surface area contributed by atoms with Gasteiger partial charge in [0, 0.05) is 17.5 Å². The summed E-state index contributed by atoms with van der Waals surface area (Å²) in [6, 6.07) is 1.60. The van der Waals surface area contributed by atoms with Crippen LogP contribution in [-0.2, 0) is 6.42 Å². The van der Waals surface area contributed by atoms with Gasteiger partial charge >= 0.3 is 0 Å². The molecule has 0 aliphatic heterocycles. The summed E-state index contributed by atoms with van der Waals surface area (Å²) in [5, 5.41) is 0.770. The van der Waals surface area contributed by atoms with Crippen molar-refractivity contribution in [3.05, 3.63) is 22.1 Å². The highest BCUT2D eigenvalue weighted by atomic mass is 32.2. The van der Waals surface area contributed by atoms with Gasteiger partial charge < -0.3 is 4.98 Å². The lowest BCUT2D eigenvalue weighted by molar-refractivity contribution is 0.774. The molecular formula is C12H20N2OS. The number of aromatic nitrogens is 2. The molecule has 0 saturated carbocycles. The van der Waals surface area contributed by atoms with E-state index in [4.69, 9.17) is 0 Å². The summed E-state index contributed by atoms with van der Waals surface area (Å²) in [7, 11) is 0. The van der Waals surface area contributed by atoms with Crippen LogP contribution in [0.4, 0.5) is 0 Å². The number of hydrogen-bond acceptors (Lipinski definition) is 3. The van der Waals surface area contributed by atoms with Crippen LogP contribution in [0.1, 0.15) is 45.2 Å². The maximum atomic E-state index is 11.4. The summed E-state index contributed by atoms with van der Waals surface area (Å²) in [6.45, 7) is 4.28. The zero-order chi connectivity index (χ0) is 11.8. The minimum absolute atomic E-state index is 0.0311. The van der Waals surface area contributed by atoms with Gasteiger partial charge in [0.15, 0.2) is 5.16 Å². The maximum Gasteiger partial charge on any atom is 0.251 e. The molecule has 4 heteroatoms. The van der Waals surface area contributed by atoms with Gasteiger partial charge in [-0.2, -0.15) is 0 Å². The monoisotopic (exact) mass is 240 g/mol. The Bertz CT molecular complexity index is 362. The summed E-state index contributed by atoms with van der Waals surface area (Å²) in [5.74, 6) is 1.03. The second-order valence-corrected chi connectivity index (χ2v) is 4.93. The third-order valence-corrected chi connectivity index (χ3v) is 3.23. The molecule has 0 unspecified atom stereocenters. The van der Waals surface area contributed by atoms with Crippen molar-refractivity contribution in [1.29, 1.82) is 0 Å². The number of thioether (sulfide) groups is 1. The molecule has 0 atom stereocenters. The van der Waals surface area contributed by atoms with Crippen LogP contribution in [0.5, 0.6) is 0 Å². The van der Waals surface area contributed by atoms with Crippen molar-refractivity contribution in [3.8, 4) is 0 Å². The van der Waals surface area contributed by atoms with Crippen molar-refractivity contribution in [1.82, 2.24) is 9.97 Å². The molecule has 1 rings (SSSR count). The Morgan fingerprint density at radius 1 is 1.31 bits per heavy atom. The van der Waals surface area contributed by atoms with Crippen LogP contribution >= 0.6 is 11.8 Å². The number of aryl methyl sites for hydroxylation is 1. The Labute approximate surface area is 101 Å². The zero-order valence-corrected chi connectivity index (χ0v) is 10.9. The molecule has 16 heavy (non-hydrogen) atoms. The number of nitrogens with one attached hydrogen (secondary N) is 1. The predicted octanol–water partition coefficient (Wildman–Crippen LogP) is 3.00. The molecule has 1 N–H and O–H groups in total. The van der Waals surface area contributed by atoms with Gasteiger partial charge in [0.05, 0.1) is 0 Å². The molecule has 90 valence electrons. The molecule has 0 bridgehead atoms. The van der Waals surface area contributed by atoms with Crippen LogP contribution in [0.3, 0.4) is 0 Å². The highest BCUT2D eigenvalue weighted by Gasteiger charge is 2.01. The first-order valence-electron chi connectivity index (χ1n) is 5.99. The molecule has 0 radical (unpaired) electrons. The van der Waals surface area contributed by atoms with E-state index >= 15 is 0 Å². The summed E-state index contributed by atoms with van der Waals surface area (Å²) in [5.41, 5.74) is 0.876. The van der Waals surface area contributed by atoms with E-state index in [2.05, 4.69) is 23.8 Å². The SMILES string of the molecule is CCCCCSc1nc(CCC)cc(=O)[nH]1. The highest BCUT2D eigenvalue weighted by molar-refractivity contribution is 7.99. The standard InChI is InChI=1S/C12H20N2OS/c1-3-5-6-8-16-12-13-10(7-4-2)9-11(15)14-12/h9H,3-8H2,1-2H3,(H,13,14,15). The van der Waals surface area contributed by atoms with Gasteiger partial charge in [-0.3, -0.25) is 4.79 Å². The van der Waals surface area contributed by atoms with E-state index in [1.54, 1.807) is 17.8 Å². The van der Waals surface area contributed by atoms with Crippen molar-refractivity contribution in [2.45, 2.75) is 51.1 Å². The molecule has 0 saturated heterocycles. The summed E-state index contributed by atoms with van der Waals surface area (Å²) >= 11 is 1.65. The average Bonchev–Trinajstić information content (AvgIpc) is 2.24. The van der Waals surface area contributed by atoms with Crippen molar-refractivity contribution in [2.24, 2.45) is 0 Å². The van der Waals surface area contributed by atoms with Crippen LogP contribution in [0, 0.1) is 0 Å². The molecule has 1 aromatic heterocycles. The van der Waals surface area contributed by atoms with Gasteiger partial charge in [-0.15, -0.1) is 0 Å². The van der Waals surface area contributed by atoms with Crippen LogP contribution in [-0.4, -0.2) is 15.7 Å². The predicted molar refractivity (Wildman–Crippen MR) is 69.1 cm³/mol. The number of H-pyrrole nitrogens is 1. The van der Waals surface area contributed by atoms with E-state index in [-0.39, 0.29) is 5.56 Å². The van der Waals surface area contributed by atoms with Crippen LogP contribution < -0.4 is 5.56 Å². The maximum absolute atomic E-state index is 11.4. The van der Waals surface area contributed by atoms with E-state index in [0.29, 0.717) is 0 Å². The van der Waals surface area contributed by atoms with Gasteiger partial charge in [0.1, 0.15) is 0 Å². The fourth-order valence-electron chi connectivity index (χ4n) is 1.46. The number of unbranched alkanes of at least 4 members (excludes halogenated alkanes) is 2. The second-order valence-electron chi connectivity index (χ2n) is 3.85. The second kappa shape index (κ2) is 7.49. The Morgan fingerprint density at radius 2 is 2.12 bits per heavy atom. The third-order valence-electron chi connectivity index (χ3n) is 2.27. The Morgan fingerprint density at radius 3 is 2.81 bits per heavy atom. The van der Waals surface area contributed by atoms with Crippen LogP contribution in [0.15, 0.2) is 16.0 Å². The molecule has 0 amide bonds. The van der Waals surface area contributed by atoms with Gasteiger partial charge in [-0.25, -0.2) is 4.98 Å². The smallest absolute Gasteiger partial charge is 0.251 e. The lowest BCUT2D eigenvalue weighted by Crippen LogP contribution is -2.10. The number of aromatic amines is 1. The minimum atomic E-state index is -0.0311. The van der Waals surface area contributed by atoms with Gasteiger partial charge in [-0.1, -0.05) is 44.9 Å². The van der Waals surface area contributed by atoms with Gasteiger partial charge in [0.2, 0.25) is 0 Å².